The molecule has 0 aliphatic rings. The molecule has 0 heterocycles. The molecule has 0 fully saturated rings. The summed E-state index contributed by atoms with van der Waals surface area (Å²) in [5.41, 5.74) is 9.99. The number of nitrogens with two attached hydrogens (primary N) is 1. The molecule has 0 unspecified atom stereocenters. The number of carboxylic acid groups (broad SMARTS) is 2. The maximum Gasteiger partial charge on any atom is 0.337 e. The molecule has 258 valence electrons. The Morgan fingerprint density at radius 1 is 0.519 bits per heavy atom. The predicted molar refractivity (Wildman–Crippen MR) is 198 cm³/mol. The second kappa shape index (κ2) is 16.2. The molecule has 52 heavy (non-hydrogen) atoms. The number of aromatic carboxylic acids is 2. The number of benzene rings is 6. The molecule has 0 bridgehead atoms. The Hall–Kier alpha value is -7.60. The van der Waals surface area contributed by atoms with Crippen LogP contribution in [0.2, 0.25) is 0 Å². The first-order valence-electron chi connectivity index (χ1n) is 15.6. The van der Waals surface area contributed by atoms with Crippen molar-refractivity contribution >= 4 is 46.5 Å². The summed E-state index contributed by atoms with van der Waals surface area (Å²) in [7, 11) is 0. The Balaban J connectivity index is 0.000000202. The fourth-order valence-electron chi connectivity index (χ4n) is 5.12. The van der Waals surface area contributed by atoms with E-state index < -0.39 is 28.7 Å². The van der Waals surface area contributed by atoms with Gasteiger partial charge in [0.2, 0.25) is 0 Å². The van der Waals surface area contributed by atoms with E-state index in [0.717, 1.165) is 28.3 Å². The van der Waals surface area contributed by atoms with Crippen LogP contribution in [-0.2, 0) is 0 Å². The molecule has 0 aliphatic heterocycles. The molecule has 6 N–H and O–H groups in total. The lowest BCUT2D eigenvalue weighted by Gasteiger charge is -2.11. The molecule has 0 atom stereocenters. The van der Waals surface area contributed by atoms with E-state index in [9.17, 15) is 39.5 Å². The van der Waals surface area contributed by atoms with E-state index in [1.165, 1.54) is 36.4 Å². The first-order chi connectivity index (χ1) is 25.0. The summed E-state index contributed by atoms with van der Waals surface area (Å²) in [4.78, 5) is 58.1. The van der Waals surface area contributed by atoms with Crippen molar-refractivity contribution in [3.63, 3.8) is 0 Å². The molecule has 12 nitrogen and oxygen atoms in total. The number of non-ortho nitro benzene ring substituents is 1. The summed E-state index contributed by atoms with van der Waals surface area (Å²) in [5, 5.41) is 34.9. The zero-order valence-electron chi connectivity index (χ0n) is 27.2. The van der Waals surface area contributed by atoms with Gasteiger partial charge in [0.1, 0.15) is 0 Å². The van der Waals surface area contributed by atoms with Gasteiger partial charge < -0.3 is 26.6 Å². The standard InChI is InChI=1S/C20H14N2O5.C20H16N2O3/c23-19(15-7-4-8-16(11-15)22(26)27)21-18-12-14(9-10-17(18)20(24)25)13-5-2-1-3-6-13;21-16-8-4-7-15(11-16)19(23)22-18-12-14(9-10-17(18)20(24)25)13-5-2-1-3-6-13/h1-12H,(H,21,23)(H,24,25);1-12H,21H2,(H,22,23)(H,24,25). The summed E-state index contributed by atoms with van der Waals surface area (Å²) >= 11 is 0. The van der Waals surface area contributed by atoms with Gasteiger partial charge in [-0.1, -0.05) is 84.9 Å². The highest BCUT2D eigenvalue weighted by atomic mass is 16.6. The van der Waals surface area contributed by atoms with Gasteiger partial charge in [-0.3, -0.25) is 19.7 Å². The lowest BCUT2D eigenvalue weighted by atomic mass is 10.0. The highest BCUT2D eigenvalue weighted by molar-refractivity contribution is 6.09. The number of nitro groups is 1. The number of carbonyl (C=O) groups is 4. The molecule has 0 saturated heterocycles. The van der Waals surface area contributed by atoms with Crippen molar-refractivity contribution in [1.82, 2.24) is 0 Å². The van der Waals surface area contributed by atoms with Crippen LogP contribution in [0.1, 0.15) is 41.4 Å². The average Bonchev–Trinajstić information content (AvgIpc) is 3.15. The van der Waals surface area contributed by atoms with Crippen LogP contribution in [0.3, 0.4) is 0 Å². The zero-order chi connectivity index (χ0) is 37.2. The van der Waals surface area contributed by atoms with Crippen LogP contribution in [0.4, 0.5) is 22.7 Å². The summed E-state index contributed by atoms with van der Waals surface area (Å²) in [5.74, 6) is -3.35. The van der Waals surface area contributed by atoms with Gasteiger partial charge in [0.25, 0.3) is 17.5 Å². The van der Waals surface area contributed by atoms with Crippen LogP contribution in [0, 0.1) is 10.1 Å². The SMILES string of the molecule is Nc1cccc(C(=O)Nc2cc(-c3ccccc3)ccc2C(=O)O)c1.O=C(Nc1cc(-c2ccccc2)ccc1C(=O)O)c1cccc([N+](=O)[O-])c1. The molecule has 6 aromatic carbocycles. The summed E-state index contributed by atoms with van der Waals surface area (Å²) in [6.45, 7) is 0. The minimum Gasteiger partial charge on any atom is -0.478 e. The van der Waals surface area contributed by atoms with Crippen LogP contribution < -0.4 is 16.4 Å². The number of nitrogen functional groups attached to an aromatic ring is 1. The van der Waals surface area contributed by atoms with Gasteiger partial charge in [-0.05, 0) is 70.8 Å². The van der Waals surface area contributed by atoms with Crippen molar-refractivity contribution in [1.29, 1.82) is 0 Å². The maximum absolute atomic E-state index is 12.5. The molecule has 0 radical (unpaired) electrons. The summed E-state index contributed by atoms with van der Waals surface area (Å²) in [6, 6.07) is 40.0. The topological polar surface area (TPSA) is 202 Å². The minimum atomic E-state index is -1.19. The summed E-state index contributed by atoms with van der Waals surface area (Å²) < 4.78 is 0. The number of nitro benzene ring substituents is 1. The first kappa shape index (κ1) is 35.7. The number of nitrogens with one attached hydrogen (secondary N) is 2. The molecule has 0 spiro atoms. The molecule has 2 amide bonds. The van der Waals surface area contributed by atoms with Gasteiger partial charge in [-0.25, -0.2) is 9.59 Å². The van der Waals surface area contributed by atoms with E-state index in [4.69, 9.17) is 5.73 Å². The molecule has 6 rings (SSSR count). The minimum absolute atomic E-state index is 0.0249. The number of carbonyl (C=O) groups excluding carboxylic acids is 2. The van der Waals surface area contributed by atoms with E-state index in [0.29, 0.717) is 11.3 Å². The third-order valence-electron chi connectivity index (χ3n) is 7.68. The maximum atomic E-state index is 12.5. The molecule has 0 aromatic heterocycles. The Labute approximate surface area is 297 Å². The Morgan fingerprint density at radius 3 is 1.38 bits per heavy atom. The molecule has 12 heteroatoms. The second-order valence-electron chi connectivity index (χ2n) is 11.2. The van der Waals surface area contributed by atoms with Crippen LogP contribution in [0.25, 0.3) is 22.3 Å². The third-order valence-corrected chi connectivity index (χ3v) is 7.68. The van der Waals surface area contributed by atoms with E-state index in [1.807, 2.05) is 60.7 Å². The fraction of sp³-hybridized carbons (Fsp3) is 0. The largest absolute Gasteiger partial charge is 0.478 e. The zero-order valence-corrected chi connectivity index (χ0v) is 27.2. The van der Waals surface area contributed by atoms with Crippen molar-refractivity contribution in [2.75, 3.05) is 16.4 Å². The van der Waals surface area contributed by atoms with Crippen molar-refractivity contribution in [3.8, 4) is 22.3 Å². The lowest BCUT2D eigenvalue weighted by Crippen LogP contribution is -2.15. The monoisotopic (exact) mass is 694 g/mol. The first-order valence-corrected chi connectivity index (χ1v) is 15.6. The highest BCUT2D eigenvalue weighted by Crippen LogP contribution is 2.28. The van der Waals surface area contributed by atoms with Gasteiger partial charge in [0.15, 0.2) is 0 Å². The van der Waals surface area contributed by atoms with E-state index >= 15 is 0 Å². The quantitative estimate of drug-likeness (QED) is 0.0563. The number of hydrogen-bond donors (Lipinski definition) is 5. The van der Waals surface area contributed by atoms with Crippen LogP contribution in [0.15, 0.2) is 146 Å². The molecular weight excluding hydrogens is 664 g/mol. The number of anilines is 3. The number of hydrogen-bond acceptors (Lipinski definition) is 7. The molecule has 0 aliphatic carbocycles. The molecule has 6 aromatic rings. The van der Waals surface area contributed by atoms with Crippen molar-refractivity contribution in [3.05, 3.63) is 178 Å². The van der Waals surface area contributed by atoms with E-state index in [2.05, 4.69) is 10.6 Å². The number of carboxylic acids is 2. The van der Waals surface area contributed by atoms with E-state index in [-0.39, 0.29) is 33.8 Å². The van der Waals surface area contributed by atoms with Gasteiger partial charge in [0.05, 0.1) is 27.4 Å². The normalized spacial score (nSPS) is 10.2. The predicted octanol–water partition coefficient (Wildman–Crippen LogP) is 8.10. The van der Waals surface area contributed by atoms with Crippen molar-refractivity contribution in [2.45, 2.75) is 0 Å². The van der Waals surface area contributed by atoms with Gasteiger partial charge >= 0.3 is 11.9 Å². The van der Waals surface area contributed by atoms with Crippen LogP contribution in [0.5, 0.6) is 0 Å². The molecular formula is C40H30N4O8. The Morgan fingerprint density at radius 2 is 0.962 bits per heavy atom. The van der Waals surface area contributed by atoms with Gasteiger partial charge in [-0.2, -0.15) is 0 Å². The highest BCUT2D eigenvalue weighted by Gasteiger charge is 2.18. The van der Waals surface area contributed by atoms with Gasteiger partial charge in [-0.15, -0.1) is 0 Å². The smallest absolute Gasteiger partial charge is 0.337 e. The Bertz CT molecular complexity index is 2290. The Kier molecular flexibility index (Phi) is 11.1. The van der Waals surface area contributed by atoms with Crippen LogP contribution >= 0.6 is 0 Å². The number of rotatable bonds is 9. The van der Waals surface area contributed by atoms with Crippen LogP contribution in [-0.4, -0.2) is 38.9 Å². The molecule has 0 saturated carbocycles. The van der Waals surface area contributed by atoms with Gasteiger partial charge in [0, 0.05) is 28.9 Å². The number of nitrogens with zero attached hydrogens (tertiary/aromatic N) is 1. The number of amides is 2. The van der Waals surface area contributed by atoms with Crippen molar-refractivity contribution < 1.29 is 34.3 Å². The second-order valence-corrected chi connectivity index (χ2v) is 11.2. The lowest BCUT2D eigenvalue weighted by molar-refractivity contribution is -0.384. The summed E-state index contributed by atoms with van der Waals surface area (Å²) in [6.07, 6.45) is 0. The third kappa shape index (κ3) is 8.89. The fourth-order valence-corrected chi connectivity index (χ4v) is 5.12. The average molecular weight is 695 g/mol. The van der Waals surface area contributed by atoms with E-state index in [1.54, 1.807) is 42.5 Å². The van der Waals surface area contributed by atoms with Crippen molar-refractivity contribution in [2.24, 2.45) is 0 Å².